The van der Waals surface area contributed by atoms with Gasteiger partial charge in [0.2, 0.25) is 0 Å². The number of benzene rings is 1. The van der Waals surface area contributed by atoms with E-state index < -0.39 is 0 Å². The van der Waals surface area contributed by atoms with Crippen LogP contribution in [-0.4, -0.2) is 43.1 Å². The van der Waals surface area contributed by atoms with Crippen LogP contribution >= 0.6 is 0 Å². The number of rotatable bonds is 2. The van der Waals surface area contributed by atoms with Gasteiger partial charge in [0, 0.05) is 37.3 Å². The number of fused-ring (bicyclic) bond motifs is 1. The molecule has 3 rings (SSSR count). The van der Waals surface area contributed by atoms with E-state index in [2.05, 4.69) is 55.0 Å². The van der Waals surface area contributed by atoms with Gasteiger partial charge in [-0.15, -0.1) is 0 Å². The lowest BCUT2D eigenvalue weighted by Crippen LogP contribution is -2.45. The number of piperazine rings is 1. The van der Waals surface area contributed by atoms with Crippen LogP contribution in [0.4, 0.5) is 5.82 Å². The fraction of sp³-hybridized carbons (Fsp3) is 0.526. The Morgan fingerprint density at radius 3 is 2.18 bits per heavy atom. The SMILES string of the molecule is CC.CCc1nc(N2CCN(C)CC2)c2ccccc2c1C. The maximum Gasteiger partial charge on any atom is 0.136 e. The molecule has 3 nitrogen and oxygen atoms in total. The zero-order chi connectivity index (χ0) is 16.1. The molecule has 2 heterocycles. The second-order valence-corrected chi connectivity index (χ2v) is 5.70. The van der Waals surface area contributed by atoms with Crippen molar-refractivity contribution in [3.8, 4) is 0 Å². The first-order valence-corrected chi connectivity index (χ1v) is 8.52. The molecule has 22 heavy (non-hydrogen) atoms. The first-order valence-electron chi connectivity index (χ1n) is 8.52. The minimum absolute atomic E-state index is 0.997. The van der Waals surface area contributed by atoms with Gasteiger partial charge in [0.15, 0.2) is 0 Å². The maximum atomic E-state index is 4.98. The highest BCUT2D eigenvalue weighted by Gasteiger charge is 2.19. The average molecular weight is 299 g/mol. The summed E-state index contributed by atoms with van der Waals surface area (Å²) in [6, 6.07) is 8.69. The van der Waals surface area contributed by atoms with E-state index in [1.165, 1.54) is 27.8 Å². The fourth-order valence-electron chi connectivity index (χ4n) is 3.04. The Morgan fingerprint density at radius 2 is 1.59 bits per heavy atom. The van der Waals surface area contributed by atoms with Gasteiger partial charge in [-0.3, -0.25) is 0 Å². The number of aryl methyl sites for hydroxylation is 2. The number of likely N-dealkylation sites (N-methyl/N-ethyl adjacent to an activating group) is 1. The van der Waals surface area contributed by atoms with Gasteiger partial charge in [-0.25, -0.2) is 4.98 Å². The molecule has 0 unspecified atom stereocenters. The lowest BCUT2D eigenvalue weighted by Gasteiger charge is -2.34. The van der Waals surface area contributed by atoms with Gasteiger partial charge in [0.1, 0.15) is 5.82 Å². The molecule has 2 aromatic rings. The molecule has 0 bridgehead atoms. The van der Waals surface area contributed by atoms with E-state index in [4.69, 9.17) is 4.98 Å². The fourth-order valence-corrected chi connectivity index (χ4v) is 3.04. The van der Waals surface area contributed by atoms with Crippen LogP contribution in [0.1, 0.15) is 32.0 Å². The predicted molar refractivity (Wildman–Crippen MR) is 96.9 cm³/mol. The van der Waals surface area contributed by atoms with Crippen molar-refractivity contribution >= 4 is 16.6 Å². The highest BCUT2D eigenvalue weighted by molar-refractivity contribution is 5.95. The molecule has 0 saturated carbocycles. The van der Waals surface area contributed by atoms with Crippen LogP contribution in [0.15, 0.2) is 24.3 Å². The van der Waals surface area contributed by atoms with Crippen molar-refractivity contribution in [2.45, 2.75) is 34.1 Å². The van der Waals surface area contributed by atoms with E-state index in [1.54, 1.807) is 0 Å². The second kappa shape index (κ2) is 7.59. The van der Waals surface area contributed by atoms with Crippen LogP contribution in [0.25, 0.3) is 10.8 Å². The molecule has 1 saturated heterocycles. The van der Waals surface area contributed by atoms with E-state index in [0.29, 0.717) is 0 Å². The Labute approximate surface area is 135 Å². The lowest BCUT2D eigenvalue weighted by molar-refractivity contribution is 0.312. The molecule has 1 aliphatic heterocycles. The molecular formula is C19H29N3. The summed E-state index contributed by atoms with van der Waals surface area (Å²) in [5, 5.41) is 2.65. The minimum Gasteiger partial charge on any atom is -0.354 e. The van der Waals surface area contributed by atoms with Crippen LogP contribution in [0.5, 0.6) is 0 Å². The van der Waals surface area contributed by atoms with Crippen LogP contribution in [0.3, 0.4) is 0 Å². The number of nitrogens with zero attached hydrogens (tertiary/aromatic N) is 3. The third-order valence-electron chi connectivity index (χ3n) is 4.38. The molecule has 0 atom stereocenters. The topological polar surface area (TPSA) is 19.4 Å². The third-order valence-corrected chi connectivity index (χ3v) is 4.38. The zero-order valence-corrected chi connectivity index (χ0v) is 14.7. The van der Waals surface area contributed by atoms with Gasteiger partial charge >= 0.3 is 0 Å². The molecule has 120 valence electrons. The van der Waals surface area contributed by atoms with Gasteiger partial charge in [0.25, 0.3) is 0 Å². The van der Waals surface area contributed by atoms with E-state index in [-0.39, 0.29) is 0 Å². The van der Waals surface area contributed by atoms with Crippen molar-refractivity contribution in [2.75, 3.05) is 38.1 Å². The van der Waals surface area contributed by atoms with Gasteiger partial charge in [-0.05, 0) is 31.3 Å². The summed E-state index contributed by atoms with van der Waals surface area (Å²) >= 11 is 0. The Bertz CT molecular complexity index is 613. The van der Waals surface area contributed by atoms with Crippen LogP contribution in [0.2, 0.25) is 0 Å². The minimum atomic E-state index is 0.997. The van der Waals surface area contributed by atoms with Gasteiger partial charge in [-0.2, -0.15) is 0 Å². The van der Waals surface area contributed by atoms with E-state index >= 15 is 0 Å². The van der Waals surface area contributed by atoms with Crippen molar-refractivity contribution in [2.24, 2.45) is 0 Å². The molecule has 0 radical (unpaired) electrons. The molecule has 3 heteroatoms. The van der Waals surface area contributed by atoms with Crippen molar-refractivity contribution in [3.05, 3.63) is 35.5 Å². The third kappa shape index (κ3) is 3.25. The number of hydrogen-bond acceptors (Lipinski definition) is 3. The maximum absolute atomic E-state index is 4.98. The van der Waals surface area contributed by atoms with Crippen molar-refractivity contribution in [1.82, 2.24) is 9.88 Å². The summed E-state index contributed by atoms with van der Waals surface area (Å²) in [6.45, 7) is 12.8. The monoisotopic (exact) mass is 299 g/mol. The van der Waals surface area contributed by atoms with Crippen LogP contribution in [0, 0.1) is 6.92 Å². The quantitative estimate of drug-likeness (QED) is 0.839. The summed E-state index contributed by atoms with van der Waals surface area (Å²) in [6.07, 6.45) is 0.997. The van der Waals surface area contributed by atoms with Crippen LogP contribution in [-0.2, 0) is 6.42 Å². The number of hydrogen-bond donors (Lipinski definition) is 0. The molecule has 1 aromatic carbocycles. The Kier molecular flexibility index (Phi) is 5.78. The summed E-state index contributed by atoms with van der Waals surface area (Å²) in [4.78, 5) is 9.80. The lowest BCUT2D eigenvalue weighted by atomic mass is 10.0. The van der Waals surface area contributed by atoms with Crippen molar-refractivity contribution < 1.29 is 0 Å². The average Bonchev–Trinajstić information content (AvgIpc) is 2.58. The van der Waals surface area contributed by atoms with Crippen molar-refractivity contribution in [1.29, 1.82) is 0 Å². The van der Waals surface area contributed by atoms with E-state index in [1.807, 2.05) is 13.8 Å². The van der Waals surface area contributed by atoms with Crippen molar-refractivity contribution in [3.63, 3.8) is 0 Å². The highest BCUT2D eigenvalue weighted by Crippen LogP contribution is 2.29. The molecule has 1 aliphatic rings. The Balaban J connectivity index is 0.000000847. The Morgan fingerprint density at radius 1 is 1.00 bits per heavy atom. The molecular weight excluding hydrogens is 270 g/mol. The van der Waals surface area contributed by atoms with E-state index in [9.17, 15) is 0 Å². The highest BCUT2D eigenvalue weighted by atomic mass is 15.3. The molecule has 0 aliphatic carbocycles. The molecule has 1 fully saturated rings. The molecule has 0 spiro atoms. The summed E-state index contributed by atoms with van der Waals surface area (Å²) in [5.74, 6) is 1.18. The second-order valence-electron chi connectivity index (χ2n) is 5.70. The first-order chi connectivity index (χ1) is 10.7. The molecule has 1 aromatic heterocycles. The zero-order valence-electron chi connectivity index (χ0n) is 14.7. The smallest absolute Gasteiger partial charge is 0.136 e. The normalized spacial score (nSPS) is 15.6. The first kappa shape index (κ1) is 16.8. The van der Waals surface area contributed by atoms with Gasteiger partial charge in [-0.1, -0.05) is 45.0 Å². The molecule has 0 N–H and O–H groups in total. The van der Waals surface area contributed by atoms with E-state index in [0.717, 1.165) is 32.6 Å². The van der Waals surface area contributed by atoms with Gasteiger partial charge in [0.05, 0.1) is 0 Å². The summed E-state index contributed by atoms with van der Waals surface area (Å²) < 4.78 is 0. The number of anilines is 1. The Hall–Kier alpha value is -1.61. The predicted octanol–water partition coefficient (Wildman–Crippen LogP) is 3.88. The molecule has 0 amide bonds. The summed E-state index contributed by atoms with van der Waals surface area (Å²) in [7, 11) is 2.19. The standard InChI is InChI=1S/C17H23N3.C2H6/c1-4-16-13(2)14-7-5-6-8-15(14)17(18-16)20-11-9-19(3)10-12-20;1-2/h5-8H,4,9-12H2,1-3H3;1-2H3. The van der Waals surface area contributed by atoms with Gasteiger partial charge < -0.3 is 9.80 Å². The van der Waals surface area contributed by atoms with Crippen LogP contribution < -0.4 is 4.90 Å². The summed E-state index contributed by atoms with van der Waals surface area (Å²) in [5.41, 5.74) is 2.57. The largest absolute Gasteiger partial charge is 0.354 e. The number of pyridine rings is 1. The number of aromatic nitrogens is 1.